The number of nitrogens with zero attached hydrogens (tertiary/aromatic N) is 5. The van der Waals surface area contributed by atoms with Crippen molar-refractivity contribution in [1.29, 1.82) is 0 Å². The van der Waals surface area contributed by atoms with Crippen LogP contribution < -0.4 is 32.4 Å². The number of allylic oxidation sites excluding steroid dienone is 1. The second-order valence-corrected chi connectivity index (χ2v) is 21.3. The van der Waals surface area contributed by atoms with Crippen molar-refractivity contribution in [3.05, 3.63) is 74.3 Å². The fraction of sp³-hybridized carbons (Fsp3) is 0.548. The van der Waals surface area contributed by atoms with E-state index < -0.39 is 148 Å². The third-order valence-electron chi connectivity index (χ3n) is 10.5. The Hall–Kier alpha value is -4.22. The molecule has 0 aliphatic carbocycles. The Bertz CT molecular complexity index is 2910. The van der Waals surface area contributed by atoms with Crippen LogP contribution in [0, 0.1) is 0 Å². The highest BCUT2D eigenvalue weighted by atomic mass is 31.3. The molecule has 2 amide bonds. The van der Waals surface area contributed by atoms with E-state index in [2.05, 4.69) is 35.0 Å². The summed E-state index contributed by atoms with van der Waals surface area (Å²) in [6, 6.07) is 0.0527. The number of hydrogen-bond acceptors (Lipinski definition) is 24. The van der Waals surface area contributed by atoms with E-state index in [-0.39, 0.29) is 22.8 Å². The number of ether oxygens (including phenoxy) is 4. The molecule has 3 fully saturated rings. The van der Waals surface area contributed by atoms with Gasteiger partial charge < -0.3 is 70.0 Å². The van der Waals surface area contributed by atoms with E-state index >= 15 is 0 Å². The summed E-state index contributed by atoms with van der Waals surface area (Å²) in [6.45, 7) is 0.0301. The number of nitrogens with one attached hydrogen (secondary N) is 3. The second-order valence-electron chi connectivity index (χ2n) is 15.3. The quantitative estimate of drug-likeness (QED) is 0.0398. The monoisotopic (exact) mass is 1080 g/mol. The number of fused-ring (bicyclic) bond motifs is 1. The number of amides is 2. The Morgan fingerprint density at radius 1 is 0.800 bits per heavy atom. The zero-order valence-electron chi connectivity index (χ0n) is 35.7. The van der Waals surface area contributed by atoms with Crippen molar-refractivity contribution < 1.29 is 113 Å². The van der Waals surface area contributed by atoms with Gasteiger partial charge in [-0.2, -0.15) is 8.62 Å². The van der Waals surface area contributed by atoms with Gasteiger partial charge in [0.05, 0.1) is 26.9 Å². The highest BCUT2D eigenvalue weighted by Gasteiger charge is 2.54. The Morgan fingerprint density at radius 3 is 2.00 bits per heavy atom. The summed E-state index contributed by atoms with van der Waals surface area (Å²) >= 11 is 0. The average Bonchev–Trinajstić information content (AvgIpc) is 3.94. The second kappa shape index (κ2) is 20.4. The van der Waals surface area contributed by atoms with Crippen molar-refractivity contribution in [2.24, 2.45) is 7.05 Å². The smallest absolute Gasteiger partial charge is 0.387 e. The van der Waals surface area contributed by atoms with Gasteiger partial charge in [-0.05, 0) is 6.08 Å². The number of H-pyrrole nitrogens is 2. The lowest BCUT2D eigenvalue weighted by Crippen LogP contribution is -2.49. The minimum absolute atomic E-state index is 0.0320. The zero-order valence-corrected chi connectivity index (χ0v) is 39.2. The first-order chi connectivity index (χ1) is 32.6. The van der Waals surface area contributed by atoms with Crippen molar-refractivity contribution in [2.45, 2.75) is 73.6 Å². The third-order valence-corrected chi connectivity index (χ3v) is 15.7. The van der Waals surface area contributed by atoms with Gasteiger partial charge in [0.15, 0.2) is 18.8 Å². The molecule has 3 aromatic rings. The normalized spacial score (nSPS) is 32.7. The SMILES string of the molecule is C=C1C=CN(C2OC(COP(=O)(O)OC3C(COP(=O)(O)OP(=O)(O)OP(=O)(O)OCC4OC([n+]5cn(C)c6c(=O)[nH]c(N)nc65)C(O)C4O)OC(n4ccc(=O)[nH]c4=O)C3OC)C(O)C2O)C(=O)N1. The van der Waals surface area contributed by atoms with Gasteiger partial charge in [-0.3, -0.25) is 51.7 Å². The topological polar surface area (TPSA) is 490 Å². The standard InChI is InChI=1S/C31H43N9O26P4/c1-12-4-6-38(30(47)33-12)26-20(44)18(42)13(61-26)8-58-67(49,50)64-22-15(63-28(23(22)57-3)39-7-5-16(41)34-31(39)48)10-60-69(53,54)66-70(55,56)65-68(51,52)59-9-14-19(43)21(45)27(62-14)40-11-37(2)17-24(40)35-29(32)36-25(17)46/h4-7,11,13-15,18-23,26-28,42-45H,1,8-10H2,2-3H3,(H8-,32,33,34,35,36,41,46,47,48,49,50,51,52,53,54,55,56)/p+1. The molecule has 388 valence electrons. The highest BCUT2D eigenvalue weighted by molar-refractivity contribution is 7.66. The Kier molecular flexibility index (Phi) is 15.6. The number of hydrogen-bond donors (Lipinski definition) is 12. The lowest BCUT2D eigenvalue weighted by molar-refractivity contribution is -0.745. The molecule has 39 heteroatoms. The molecule has 0 bridgehead atoms. The van der Waals surface area contributed by atoms with Crippen LogP contribution in [0.1, 0.15) is 12.5 Å². The molecule has 3 aromatic heterocycles. The predicted octanol–water partition coefficient (Wildman–Crippen LogP) is -4.42. The van der Waals surface area contributed by atoms with Gasteiger partial charge in [-0.25, -0.2) is 32.4 Å². The molecule has 16 unspecified atom stereocenters. The van der Waals surface area contributed by atoms with Crippen LogP contribution in [0.3, 0.4) is 0 Å². The number of aromatic nitrogens is 6. The van der Waals surface area contributed by atoms with E-state index in [0.29, 0.717) is 4.57 Å². The van der Waals surface area contributed by atoms with Gasteiger partial charge in [0, 0.05) is 31.3 Å². The number of anilines is 1. The van der Waals surface area contributed by atoms with Crippen molar-refractivity contribution >= 4 is 54.4 Å². The lowest BCUT2D eigenvalue weighted by atomic mass is 10.1. The van der Waals surface area contributed by atoms with Crippen LogP contribution in [0.4, 0.5) is 10.7 Å². The van der Waals surface area contributed by atoms with Gasteiger partial charge >= 0.3 is 48.7 Å². The first-order valence-electron chi connectivity index (χ1n) is 19.7. The molecule has 70 heavy (non-hydrogen) atoms. The minimum Gasteiger partial charge on any atom is -0.387 e. The number of carbonyl (C=O) groups excluding carboxylic acids is 1. The highest BCUT2D eigenvalue weighted by Crippen LogP contribution is 2.68. The van der Waals surface area contributed by atoms with Crippen molar-refractivity contribution in [2.75, 3.05) is 32.7 Å². The number of aliphatic hydroxyl groups excluding tert-OH is 4. The summed E-state index contributed by atoms with van der Waals surface area (Å²) in [5.74, 6) is -0.319. The maximum Gasteiger partial charge on any atom is 0.490 e. The number of methoxy groups -OCH3 is 1. The Balaban J connectivity index is 0.994. The van der Waals surface area contributed by atoms with Crippen LogP contribution in [0.2, 0.25) is 0 Å². The Morgan fingerprint density at radius 2 is 1.39 bits per heavy atom. The molecule has 4 aliphatic heterocycles. The summed E-state index contributed by atoms with van der Waals surface area (Å²) in [6.07, 6.45) is -16.3. The number of phosphoric acid groups is 4. The molecular formula is C31H44N9O26P4+. The lowest BCUT2D eigenvalue weighted by Gasteiger charge is -2.30. The van der Waals surface area contributed by atoms with Crippen LogP contribution in [-0.2, 0) is 71.0 Å². The summed E-state index contributed by atoms with van der Waals surface area (Å²) in [5, 5.41) is 44.9. The molecule has 3 saturated heterocycles. The molecule has 0 aromatic carbocycles. The van der Waals surface area contributed by atoms with Crippen molar-refractivity contribution in [3.63, 3.8) is 0 Å². The summed E-state index contributed by atoms with van der Waals surface area (Å²) in [5.41, 5.74) is 3.01. The summed E-state index contributed by atoms with van der Waals surface area (Å²) < 4.78 is 105. The minimum atomic E-state index is -6.22. The summed E-state index contributed by atoms with van der Waals surface area (Å²) in [7, 11) is -21.1. The molecule has 0 spiro atoms. The fourth-order valence-electron chi connectivity index (χ4n) is 7.41. The number of urea groups is 1. The van der Waals surface area contributed by atoms with E-state index in [0.717, 1.165) is 28.8 Å². The number of aliphatic hydroxyl groups is 4. The average molecular weight is 1080 g/mol. The van der Waals surface area contributed by atoms with Crippen LogP contribution in [0.5, 0.6) is 0 Å². The van der Waals surface area contributed by atoms with Crippen LogP contribution in [0.15, 0.2) is 57.5 Å². The maximum absolute atomic E-state index is 13.4. The van der Waals surface area contributed by atoms with Gasteiger partial charge in [0.2, 0.25) is 11.7 Å². The van der Waals surface area contributed by atoms with Gasteiger partial charge in [0.1, 0.15) is 54.9 Å². The number of nitrogen functional groups attached to an aromatic ring is 1. The van der Waals surface area contributed by atoms with E-state index in [1.807, 2.05) is 4.98 Å². The molecule has 0 radical (unpaired) electrons. The zero-order chi connectivity index (χ0) is 51.4. The van der Waals surface area contributed by atoms with Crippen molar-refractivity contribution in [3.8, 4) is 0 Å². The van der Waals surface area contributed by atoms with Crippen LogP contribution in [-0.4, -0.2) is 163 Å². The number of imidazole rings is 1. The summed E-state index contributed by atoms with van der Waals surface area (Å²) in [4.78, 5) is 100. The third kappa shape index (κ3) is 11.7. The molecule has 4 aliphatic rings. The number of carbonyl (C=O) groups is 1. The van der Waals surface area contributed by atoms with Gasteiger partial charge in [-0.1, -0.05) is 11.6 Å². The van der Waals surface area contributed by atoms with Crippen LogP contribution in [0.25, 0.3) is 11.2 Å². The first kappa shape index (κ1) is 53.6. The number of aryl methyl sites for hydroxylation is 1. The molecule has 0 saturated carbocycles. The largest absolute Gasteiger partial charge is 0.490 e. The Labute approximate surface area is 389 Å². The number of nitrogens with two attached hydrogens (primary N) is 1. The molecular weight excluding hydrogens is 1040 g/mol. The number of rotatable bonds is 19. The van der Waals surface area contributed by atoms with E-state index in [1.54, 1.807) is 0 Å². The molecule has 13 N–H and O–H groups in total. The van der Waals surface area contributed by atoms with E-state index in [1.165, 1.54) is 30.2 Å². The molecule has 7 heterocycles. The predicted molar refractivity (Wildman–Crippen MR) is 221 cm³/mol. The van der Waals surface area contributed by atoms with Gasteiger partial charge in [0.25, 0.3) is 17.1 Å². The van der Waals surface area contributed by atoms with E-state index in [4.69, 9.17) is 38.3 Å². The van der Waals surface area contributed by atoms with Crippen molar-refractivity contribution in [1.82, 2.24) is 34.3 Å². The van der Waals surface area contributed by atoms with E-state index in [9.17, 15) is 77.4 Å². The molecule has 35 nitrogen and oxygen atoms in total. The maximum atomic E-state index is 13.4. The molecule has 16 atom stereocenters. The first-order valence-corrected chi connectivity index (χ1v) is 25.7. The fourth-order valence-corrected chi connectivity index (χ4v) is 11.9. The van der Waals surface area contributed by atoms with Gasteiger partial charge in [-0.15, -0.1) is 0 Å². The van der Waals surface area contributed by atoms with Crippen LogP contribution >= 0.6 is 31.3 Å². The number of phosphoric ester groups is 3. The molecule has 7 rings (SSSR count). The number of aromatic amines is 2.